The topological polar surface area (TPSA) is 75.6 Å². The van der Waals surface area contributed by atoms with Crippen molar-refractivity contribution in [1.29, 1.82) is 0 Å². The molecule has 1 amide bonds. The van der Waals surface area contributed by atoms with Crippen LogP contribution >= 0.6 is 0 Å². The van der Waals surface area contributed by atoms with Crippen molar-refractivity contribution >= 4 is 11.9 Å². The minimum Gasteiger partial charge on any atom is -0.453 e. The molecule has 1 aromatic carbocycles. The molecule has 0 radical (unpaired) electrons. The number of esters is 1. The summed E-state index contributed by atoms with van der Waals surface area (Å²) < 4.78 is 5.13. The summed E-state index contributed by atoms with van der Waals surface area (Å²) in [6.07, 6.45) is 1.51. The highest BCUT2D eigenvalue weighted by atomic mass is 16.5. The molecule has 17 heavy (non-hydrogen) atoms. The second-order valence-electron chi connectivity index (χ2n) is 3.60. The minimum absolute atomic E-state index is 0.167. The minimum atomic E-state index is -0.846. The van der Waals surface area contributed by atoms with Crippen LogP contribution in [0, 0.1) is 0 Å². The molecule has 1 unspecified atom stereocenters. The molecule has 1 atom stereocenters. The summed E-state index contributed by atoms with van der Waals surface area (Å²) in [6, 6.07) is 9.27. The first kappa shape index (κ1) is 11.3. The van der Waals surface area contributed by atoms with Gasteiger partial charge in [0.2, 0.25) is 0 Å². The number of cyclic esters (lactones) is 1. The standard InChI is InChI=1S/C12H11NO4/c14-11(13-16)9-6-7-10(17-12(9)15)8-4-2-1-3-5-8/h1-6,10,16H,7H2,(H,13,14). The first-order valence-corrected chi connectivity index (χ1v) is 5.13. The van der Waals surface area contributed by atoms with Crippen molar-refractivity contribution in [3.8, 4) is 0 Å². The maximum Gasteiger partial charge on any atom is 0.344 e. The number of carbonyl (C=O) groups excluding carboxylic acids is 2. The third-order valence-corrected chi connectivity index (χ3v) is 2.52. The van der Waals surface area contributed by atoms with E-state index >= 15 is 0 Å². The summed E-state index contributed by atoms with van der Waals surface area (Å²) in [6.45, 7) is 0. The molecule has 0 aromatic heterocycles. The smallest absolute Gasteiger partial charge is 0.344 e. The molecule has 0 saturated heterocycles. The third kappa shape index (κ3) is 2.34. The van der Waals surface area contributed by atoms with Crippen LogP contribution in [0.15, 0.2) is 42.0 Å². The zero-order valence-electron chi connectivity index (χ0n) is 8.92. The molecule has 2 N–H and O–H groups in total. The average Bonchev–Trinajstić information content (AvgIpc) is 2.39. The highest BCUT2D eigenvalue weighted by Crippen LogP contribution is 2.27. The van der Waals surface area contributed by atoms with Gasteiger partial charge in [-0.2, -0.15) is 0 Å². The van der Waals surface area contributed by atoms with Gasteiger partial charge in [0, 0.05) is 6.42 Å². The van der Waals surface area contributed by atoms with E-state index in [9.17, 15) is 9.59 Å². The van der Waals surface area contributed by atoms with Crippen molar-refractivity contribution < 1.29 is 19.5 Å². The first-order valence-electron chi connectivity index (χ1n) is 5.13. The van der Waals surface area contributed by atoms with Gasteiger partial charge in [0.05, 0.1) is 0 Å². The molecule has 2 rings (SSSR count). The SMILES string of the molecule is O=C(NO)C1=CCC(c2ccccc2)OC1=O. The zero-order valence-corrected chi connectivity index (χ0v) is 8.92. The quantitative estimate of drug-likeness (QED) is 0.347. The van der Waals surface area contributed by atoms with E-state index in [1.165, 1.54) is 11.6 Å². The van der Waals surface area contributed by atoms with Crippen molar-refractivity contribution in [3.05, 3.63) is 47.5 Å². The van der Waals surface area contributed by atoms with Crippen LogP contribution in [-0.4, -0.2) is 17.1 Å². The van der Waals surface area contributed by atoms with Crippen molar-refractivity contribution in [2.45, 2.75) is 12.5 Å². The summed E-state index contributed by atoms with van der Waals surface area (Å²) in [5.41, 5.74) is 2.12. The number of rotatable bonds is 2. The Bertz CT molecular complexity index is 467. The number of carbonyl (C=O) groups is 2. The molecule has 1 heterocycles. The lowest BCUT2D eigenvalue weighted by molar-refractivity contribution is -0.148. The van der Waals surface area contributed by atoms with Gasteiger partial charge in [-0.05, 0) is 5.56 Å². The predicted octanol–water partition coefficient (Wildman–Crippen LogP) is 1.11. The summed E-state index contributed by atoms with van der Waals surface area (Å²) in [7, 11) is 0. The molecule has 0 aliphatic carbocycles. The van der Waals surface area contributed by atoms with Gasteiger partial charge < -0.3 is 4.74 Å². The molecule has 1 aliphatic heterocycles. The Balaban J connectivity index is 2.17. The average molecular weight is 233 g/mol. The van der Waals surface area contributed by atoms with Crippen LogP contribution in [0.25, 0.3) is 0 Å². The number of hydrogen-bond acceptors (Lipinski definition) is 4. The lowest BCUT2D eigenvalue weighted by Crippen LogP contribution is -2.29. The number of benzene rings is 1. The van der Waals surface area contributed by atoms with Gasteiger partial charge in [-0.25, -0.2) is 10.3 Å². The Morgan fingerprint density at radius 3 is 2.65 bits per heavy atom. The van der Waals surface area contributed by atoms with Crippen molar-refractivity contribution in [2.24, 2.45) is 0 Å². The summed E-state index contributed by atoms with van der Waals surface area (Å²) >= 11 is 0. The van der Waals surface area contributed by atoms with E-state index in [2.05, 4.69) is 0 Å². The van der Waals surface area contributed by atoms with Crippen molar-refractivity contribution in [3.63, 3.8) is 0 Å². The van der Waals surface area contributed by atoms with Crippen LogP contribution in [0.2, 0.25) is 0 Å². The molecule has 88 valence electrons. The maximum absolute atomic E-state index is 11.5. The molecule has 5 nitrogen and oxygen atoms in total. The van der Waals surface area contributed by atoms with E-state index in [1.807, 2.05) is 30.3 Å². The Labute approximate surface area is 97.7 Å². The van der Waals surface area contributed by atoms with Gasteiger partial charge >= 0.3 is 5.97 Å². The fourth-order valence-corrected chi connectivity index (χ4v) is 1.67. The monoisotopic (exact) mass is 233 g/mol. The van der Waals surface area contributed by atoms with E-state index in [-0.39, 0.29) is 11.7 Å². The van der Waals surface area contributed by atoms with Crippen molar-refractivity contribution in [2.75, 3.05) is 0 Å². The predicted molar refractivity (Wildman–Crippen MR) is 57.9 cm³/mol. The van der Waals surface area contributed by atoms with Crippen LogP contribution in [0.1, 0.15) is 18.1 Å². The Kier molecular flexibility index (Phi) is 3.20. The zero-order chi connectivity index (χ0) is 12.3. The van der Waals surface area contributed by atoms with Gasteiger partial charge in [0.1, 0.15) is 11.7 Å². The Morgan fingerprint density at radius 2 is 2.06 bits per heavy atom. The number of amides is 1. The Morgan fingerprint density at radius 1 is 1.35 bits per heavy atom. The second kappa shape index (κ2) is 4.80. The van der Waals surface area contributed by atoms with E-state index in [0.717, 1.165) is 5.56 Å². The number of ether oxygens (including phenoxy) is 1. The third-order valence-electron chi connectivity index (χ3n) is 2.52. The van der Waals surface area contributed by atoms with Crippen molar-refractivity contribution in [1.82, 2.24) is 5.48 Å². The summed E-state index contributed by atoms with van der Waals surface area (Å²) in [5, 5.41) is 8.44. The summed E-state index contributed by atoms with van der Waals surface area (Å²) in [4.78, 5) is 22.6. The highest BCUT2D eigenvalue weighted by Gasteiger charge is 2.28. The fraction of sp³-hybridized carbons (Fsp3) is 0.167. The molecule has 0 saturated carbocycles. The molecule has 5 heteroatoms. The maximum atomic E-state index is 11.5. The van der Waals surface area contributed by atoms with Crippen LogP contribution < -0.4 is 5.48 Å². The largest absolute Gasteiger partial charge is 0.453 e. The lowest BCUT2D eigenvalue weighted by atomic mass is 10.0. The molecule has 0 bridgehead atoms. The normalized spacial score (nSPS) is 19.2. The molecule has 0 fully saturated rings. The van der Waals surface area contributed by atoms with E-state index < -0.39 is 11.9 Å². The Hall–Kier alpha value is -2.14. The van der Waals surface area contributed by atoms with Gasteiger partial charge in [0.25, 0.3) is 5.91 Å². The number of hydrogen-bond donors (Lipinski definition) is 2. The fourth-order valence-electron chi connectivity index (χ4n) is 1.67. The van der Waals surface area contributed by atoms with Gasteiger partial charge in [-0.3, -0.25) is 10.0 Å². The van der Waals surface area contributed by atoms with E-state index in [4.69, 9.17) is 9.94 Å². The van der Waals surface area contributed by atoms with Crippen LogP contribution in [0.3, 0.4) is 0 Å². The van der Waals surface area contributed by atoms with Gasteiger partial charge in [-0.15, -0.1) is 0 Å². The first-order chi connectivity index (χ1) is 8.22. The van der Waals surface area contributed by atoms with E-state index in [0.29, 0.717) is 6.42 Å². The molecular weight excluding hydrogens is 222 g/mol. The second-order valence-corrected chi connectivity index (χ2v) is 3.60. The number of nitrogens with one attached hydrogen (secondary N) is 1. The van der Waals surface area contributed by atoms with Crippen LogP contribution in [0.4, 0.5) is 0 Å². The lowest BCUT2D eigenvalue weighted by Gasteiger charge is -2.21. The van der Waals surface area contributed by atoms with Gasteiger partial charge in [-0.1, -0.05) is 36.4 Å². The van der Waals surface area contributed by atoms with E-state index in [1.54, 1.807) is 0 Å². The summed E-state index contributed by atoms with van der Waals surface area (Å²) in [5.74, 6) is -1.57. The van der Waals surface area contributed by atoms with Crippen LogP contribution in [-0.2, 0) is 14.3 Å². The molecule has 1 aromatic rings. The highest BCUT2D eigenvalue weighted by molar-refractivity contribution is 6.16. The molecule has 0 spiro atoms. The van der Waals surface area contributed by atoms with Gasteiger partial charge in [0.15, 0.2) is 0 Å². The molecular formula is C12H11NO4. The van der Waals surface area contributed by atoms with Crippen LogP contribution in [0.5, 0.6) is 0 Å². The number of hydroxylamine groups is 1. The molecule has 1 aliphatic rings.